The zero-order valence-electron chi connectivity index (χ0n) is 8.33. The lowest BCUT2D eigenvalue weighted by molar-refractivity contribution is 0.454. The van der Waals surface area contributed by atoms with Crippen LogP contribution in [0.2, 0.25) is 0 Å². The first kappa shape index (κ1) is 8.75. The lowest BCUT2D eigenvalue weighted by atomic mass is 10.2. The Labute approximate surface area is 79.0 Å². The molecule has 1 aromatic heterocycles. The van der Waals surface area contributed by atoms with E-state index in [1.807, 2.05) is 13.3 Å². The van der Waals surface area contributed by atoms with Gasteiger partial charge in [-0.15, -0.1) is 0 Å². The van der Waals surface area contributed by atoms with Crippen molar-refractivity contribution in [2.75, 3.05) is 0 Å². The second-order valence-electron chi connectivity index (χ2n) is 3.98. The van der Waals surface area contributed by atoms with Crippen molar-refractivity contribution in [1.82, 2.24) is 9.55 Å². The van der Waals surface area contributed by atoms with Crippen LogP contribution in [0.1, 0.15) is 36.7 Å². The highest BCUT2D eigenvalue weighted by Crippen LogP contribution is 2.29. The third-order valence-corrected chi connectivity index (χ3v) is 3.18. The summed E-state index contributed by atoms with van der Waals surface area (Å²) in [5, 5.41) is 0. The Hall–Kier alpha value is -0.830. The van der Waals surface area contributed by atoms with Crippen molar-refractivity contribution < 1.29 is 0 Å². The molecular weight excluding hydrogens is 162 g/mol. The Kier molecular flexibility index (Phi) is 2.12. The van der Waals surface area contributed by atoms with E-state index in [0.29, 0.717) is 12.1 Å². The highest BCUT2D eigenvalue weighted by Gasteiger charge is 2.26. The Balaban J connectivity index is 2.29. The van der Waals surface area contributed by atoms with Gasteiger partial charge in [0.25, 0.3) is 0 Å². The molecule has 1 aliphatic carbocycles. The summed E-state index contributed by atoms with van der Waals surface area (Å²) in [5.74, 6) is 0. The number of rotatable bonds is 1. The molecule has 3 heteroatoms. The van der Waals surface area contributed by atoms with E-state index in [0.717, 1.165) is 12.1 Å². The van der Waals surface area contributed by atoms with Gasteiger partial charge in [-0.05, 0) is 33.1 Å². The normalized spacial score (nSPS) is 28.2. The van der Waals surface area contributed by atoms with Crippen molar-refractivity contribution in [1.29, 1.82) is 0 Å². The van der Waals surface area contributed by atoms with Gasteiger partial charge < -0.3 is 10.3 Å². The minimum absolute atomic E-state index is 0.326. The molecule has 0 aliphatic heterocycles. The summed E-state index contributed by atoms with van der Waals surface area (Å²) >= 11 is 0. The molecule has 1 heterocycles. The number of hydrogen-bond acceptors (Lipinski definition) is 2. The van der Waals surface area contributed by atoms with Crippen LogP contribution in [0.3, 0.4) is 0 Å². The van der Waals surface area contributed by atoms with E-state index in [9.17, 15) is 0 Å². The standard InChI is InChI=1S/C10H17N3/c1-7-8(2)13(6-12-7)10-5-3-4-9(10)11/h6,9-10H,3-5,11H2,1-2H3. The van der Waals surface area contributed by atoms with Gasteiger partial charge in [0.05, 0.1) is 12.0 Å². The van der Waals surface area contributed by atoms with Gasteiger partial charge >= 0.3 is 0 Å². The number of aromatic nitrogens is 2. The Morgan fingerprint density at radius 2 is 2.23 bits per heavy atom. The Morgan fingerprint density at radius 1 is 1.46 bits per heavy atom. The number of imidazole rings is 1. The maximum absolute atomic E-state index is 6.04. The second kappa shape index (κ2) is 3.14. The van der Waals surface area contributed by atoms with Crippen LogP contribution in [0.4, 0.5) is 0 Å². The molecule has 1 saturated carbocycles. The Morgan fingerprint density at radius 3 is 2.69 bits per heavy atom. The molecule has 1 aromatic rings. The molecule has 13 heavy (non-hydrogen) atoms. The molecule has 0 amide bonds. The number of hydrogen-bond donors (Lipinski definition) is 1. The third kappa shape index (κ3) is 1.37. The second-order valence-corrected chi connectivity index (χ2v) is 3.98. The van der Waals surface area contributed by atoms with Crippen molar-refractivity contribution in [2.24, 2.45) is 5.73 Å². The van der Waals surface area contributed by atoms with Gasteiger partial charge in [0.15, 0.2) is 0 Å². The quantitative estimate of drug-likeness (QED) is 0.711. The van der Waals surface area contributed by atoms with E-state index in [2.05, 4.69) is 16.5 Å². The topological polar surface area (TPSA) is 43.8 Å². The summed E-state index contributed by atoms with van der Waals surface area (Å²) in [6.45, 7) is 4.17. The van der Waals surface area contributed by atoms with Crippen LogP contribution < -0.4 is 5.73 Å². The van der Waals surface area contributed by atoms with Crippen LogP contribution in [0, 0.1) is 13.8 Å². The summed E-state index contributed by atoms with van der Waals surface area (Å²) in [5.41, 5.74) is 8.43. The van der Waals surface area contributed by atoms with Crippen LogP contribution in [0.15, 0.2) is 6.33 Å². The summed E-state index contributed by atoms with van der Waals surface area (Å²) < 4.78 is 2.24. The number of aryl methyl sites for hydroxylation is 1. The predicted octanol–water partition coefficient (Wildman–Crippen LogP) is 1.55. The molecule has 2 unspecified atom stereocenters. The van der Waals surface area contributed by atoms with Gasteiger partial charge in [0, 0.05) is 17.8 Å². The molecule has 3 nitrogen and oxygen atoms in total. The van der Waals surface area contributed by atoms with Gasteiger partial charge in [-0.1, -0.05) is 0 Å². The monoisotopic (exact) mass is 179 g/mol. The first-order valence-corrected chi connectivity index (χ1v) is 4.95. The third-order valence-electron chi connectivity index (χ3n) is 3.18. The Bertz CT molecular complexity index is 303. The van der Waals surface area contributed by atoms with Crippen molar-refractivity contribution in [3.05, 3.63) is 17.7 Å². The van der Waals surface area contributed by atoms with Crippen LogP contribution in [0.25, 0.3) is 0 Å². The predicted molar refractivity (Wildman–Crippen MR) is 52.6 cm³/mol. The molecule has 0 spiro atoms. The first-order chi connectivity index (χ1) is 6.20. The molecular formula is C10H17N3. The SMILES string of the molecule is Cc1ncn(C2CCCC2N)c1C. The lowest BCUT2D eigenvalue weighted by Crippen LogP contribution is -2.27. The molecule has 2 N–H and O–H groups in total. The average Bonchev–Trinajstić information content (AvgIpc) is 2.62. The highest BCUT2D eigenvalue weighted by atomic mass is 15.1. The van der Waals surface area contributed by atoms with E-state index in [1.54, 1.807) is 0 Å². The maximum atomic E-state index is 6.04. The summed E-state index contributed by atoms with van der Waals surface area (Å²) in [6, 6.07) is 0.813. The minimum atomic E-state index is 0.326. The fourth-order valence-electron chi connectivity index (χ4n) is 2.16. The highest BCUT2D eigenvalue weighted by molar-refractivity contribution is 5.11. The molecule has 72 valence electrons. The average molecular weight is 179 g/mol. The van der Waals surface area contributed by atoms with Crippen molar-refractivity contribution in [2.45, 2.75) is 45.2 Å². The molecule has 0 aromatic carbocycles. The molecule has 1 fully saturated rings. The van der Waals surface area contributed by atoms with Crippen molar-refractivity contribution in [3.8, 4) is 0 Å². The van der Waals surface area contributed by atoms with Gasteiger partial charge in [0.1, 0.15) is 0 Å². The van der Waals surface area contributed by atoms with Gasteiger partial charge in [-0.2, -0.15) is 0 Å². The number of nitrogens with zero attached hydrogens (tertiary/aromatic N) is 2. The summed E-state index contributed by atoms with van der Waals surface area (Å²) in [7, 11) is 0. The fourth-order valence-corrected chi connectivity index (χ4v) is 2.16. The van der Waals surface area contributed by atoms with E-state index >= 15 is 0 Å². The van der Waals surface area contributed by atoms with Crippen LogP contribution in [-0.4, -0.2) is 15.6 Å². The largest absolute Gasteiger partial charge is 0.330 e. The molecule has 0 saturated heterocycles. The first-order valence-electron chi connectivity index (χ1n) is 4.95. The smallest absolute Gasteiger partial charge is 0.0954 e. The fraction of sp³-hybridized carbons (Fsp3) is 0.700. The van der Waals surface area contributed by atoms with Gasteiger partial charge in [0.2, 0.25) is 0 Å². The van der Waals surface area contributed by atoms with Gasteiger partial charge in [-0.25, -0.2) is 4.98 Å². The molecule has 2 atom stereocenters. The zero-order valence-corrected chi connectivity index (χ0v) is 8.33. The zero-order chi connectivity index (χ0) is 9.42. The molecule has 2 rings (SSSR count). The van der Waals surface area contributed by atoms with E-state index in [1.165, 1.54) is 18.5 Å². The maximum Gasteiger partial charge on any atom is 0.0954 e. The minimum Gasteiger partial charge on any atom is -0.330 e. The molecule has 1 aliphatic rings. The molecule has 0 radical (unpaired) electrons. The van der Waals surface area contributed by atoms with E-state index in [-0.39, 0.29) is 0 Å². The lowest BCUT2D eigenvalue weighted by Gasteiger charge is -2.18. The van der Waals surface area contributed by atoms with Crippen LogP contribution in [-0.2, 0) is 0 Å². The van der Waals surface area contributed by atoms with E-state index in [4.69, 9.17) is 5.73 Å². The molecule has 0 bridgehead atoms. The van der Waals surface area contributed by atoms with E-state index < -0.39 is 0 Å². The number of nitrogens with two attached hydrogens (primary N) is 1. The summed E-state index contributed by atoms with van der Waals surface area (Å²) in [4.78, 5) is 4.30. The summed E-state index contributed by atoms with van der Waals surface area (Å²) in [6.07, 6.45) is 5.54. The van der Waals surface area contributed by atoms with Crippen molar-refractivity contribution in [3.63, 3.8) is 0 Å². The van der Waals surface area contributed by atoms with Crippen LogP contribution >= 0.6 is 0 Å². The van der Waals surface area contributed by atoms with Crippen molar-refractivity contribution >= 4 is 0 Å². The van der Waals surface area contributed by atoms with Crippen LogP contribution in [0.5, 0.6) is 0 Å². The van der Waals surface area contributed by atoms with Gasteiger partial charge in [-0.3, -0.25) is 0 Å².